The number of rotatable bonds is 6. The molecule has 0 aliphatic heterocycles. The predicted octanol–water partition coefficient (Wildman–Crippen LogP) is 4.71. The second-order valence-electron chi connectivity index (χ2n) is 6.68. The maximum absolute atomic E-state index is 12.8. The molecule has 0 aliphatic rings. The Kier molecular flexibility index (Phi) is 5.40. The lowest BCUT2D eigenvalue weighted by molar-refractivity contribution is 0.0955. The molecule has 0 saturated heterocycles. The largest absolute Gasteiger partial charge is 0.352 e. The van der Waals surface area contributed by atoms with Crippen LogP contribution in [0.3, 0.4) is 0 Å². The van der Waals surface area contributed by atoms with Gasteiger partial charge in [-0.25, -0.2) is 0 Å². The Balaban J connectivity index is 1.54. The third-order valence-corrected chi connectivity index (χ3v) is 4.93. The highest BCUT2D eigenvalue weighted by Crippen LogP contribution is 2.23. The first-order chi connectivity index (χ1) is 13.7. The fourth-order valence-corrected chi connectivity index (χ4v) is 3.57. The van der Waals surface area contributed by atoms with Crippen molar-refractivity contribution < 1.29 is 4.79 Å². The number of aromatic nitrogens is 2. The van der Waals surface area contributed by atoms with Crippen LogP contribution in [0.4, 0.5) is 0 Å². The molecular weight excluding hydrogens is 370 g/mol. The van der Waals surface area contributed by atoms with E-state index in [0.29, 0.717) is 23.7 Å². The molecular formula is C23H20ClN3O. The predicted molar refractivity (Wildman–Crippen MR) is 113 cm³/mol. The smallest absolute Gasteiger partial charge is 0.253 e. The van der Waals surface area contributed by atoms with Crippen molar-refractivity contribution in [2.75, 3.05) is 6.54 Å². The standard InChI is InChI=1S/C23H20ClN3O/c24-19-7-3-5-18(13-19)15-27-16-21(20-8-1-2-9-22(20)27)23(28)26-12-10-17-6-4-11-25-14-17/h1-9,11,13-14,16H,10,12,15H2,(H,26,28). The lowest BCUT2D eigenvalue weighted by atomic mass is 10.1. The van der Waals surface area contributed by atoms with Crippen molar-refractivity contribution >= 4 is 28.4 Å². The Morgan fingerprint density at radius 3 is 2.71 bits per heavy atom. The molecule has 0 fully saturated rings. The van der Waals surface area contributed by atoms with Gasteiger partial charge >= 0.3 is 0 Å². The third kappa shape index (κ3) is 4.07. The average Bonchev–Trinajstić information content (AvgIpc) is 3.07. The van der Waals surface area contributed by atoms with E-state index in [-0.39, 0.29) is 5.91 Å². The summed E-state index contributed by atoms with van der Waals surface area (Å²) in [7, 11) is 0. The van der Waals surface area contributed by atoms with E-state index < -0.39 is 0 Å². The number of nitrogens with zero attached hydrogens (tertiary/aromatic N) is 2. The van der Waals surface area contributed by atoms with E-state index >= 15 is 0 Å². The molecule has 4 nitrogen and oxygen atoms in total. The highest BCUT2D eigenvalue weighted by atomic mass is 35.5. The number of nitrogens with one attached hydrogen (secondary N) is 1. The van der Waals surface area contributed by atoms with Gasteiger partial charge in [0.05, 0.1) is 5.56 Å². The molecule has 1 amide bonds. The van der Waals surface area contributed by atoms with Gasteiger partial charge in [-0.05, 0) is 41.8 Å². The van der Waals surface area contributed by atoms with Crippen molar-refractivity contribution in [1.82, 2.24) is 14.9 Å². The minimum atomic E-state index is -0.0649. The molecule has 5 heteroatoms. The zero-order chi connectivity index (χ0) is 19.3. The van der Waals surface area contributed by atoms with Crippen molar-refractivity contribution in [2.24, 2.45) is 0 Å². The quantitative estimate of drug-likeness (QED) is 0.519. The van der Waals surface area contributed by atoms with Gasteiger partial charge in [0.1, 0.15) is 0 Å². The van der Waals surface area contributed by atoms with Crippen molar-refractivity contribution in [3.63, 3.8) is 0 Å². The summed E-state index contributed by atoms with van der Waals surface area (Å²) in [6.07, 6.45) is 6.24. The van der Waals surface area contributed by atoms with Crippen molar-refractivity contribution in [2.45, 2.75) is 13.0 Å². The van der Waals surface area contributed by atoms with Crippen LogP contribution in [-0.2, 0) is 13.0 Å². The van der Waals surface area contributed by atoms with Gasteiger partial charge in [-0.2, -0.15) is 0 Å². The molecule has 0 spiro atoms. The van der Waals surface area contributed by atoms with Crippen LogP contribution in [0.1, 0.15) is 21.5 Å². The molecule has 4 aromatic rings. The first kappa shape index (κ1) is 18.3. The highest BCUT2D eigenvalue weighted by molar-refractivity contribution is 6.30. The molecule has 0 unspecified atom stereocenters. The Morgan fingerprint density at radius 2 is 1.89 bits per heavy atom. The maximum Gasteiger partial charge on any atom is 0.253 e. The normalized spacial score (nSPS) is 10.9. The summed E-state index contributed by atoms with van der Waals surface area (Å²) in [4.78, 5) is 16.9. The Morgan fingerprint density at radius 1 is 1.04 bits per heavy atom. The number of carbonyl (C=O) groups excluding carboxylic acids is 1. The van der Waals surface area contributed by atoms with Gasteiger partial charge in [-0.1, -0.05) is 48.0 Å². The zero-order valence-electron chi connectivity index (χ0n) is 15.3. The van der Waals surface area contributed by atoms with Gasteiger partial charge in [-0.15, -0.1) is 0 Å². The summed E-state index contributed by atoms with van der Waals surface area (Å²) in [5.41, 5.74) is 3.91. The van der Waals surface area contributed by atoms with Gasteiger partial charge < -0.3 is 9.88 Å². The highest BCUT2D eigenvalue weighted by Gasteiger charge is 2.14. The SMILES string of the molecule is O=C(NCCc1cccnc1)c1cn(Cc2cccc(Cl)c2)c2ccccc12. The van der Waals surface area contributed by atoms with Crippen molar-refractivity contribution in [3.8, 4) is 0 Å². The molecule has 2 aromatic carbocycles. The number of hydrogen-bond acceptors (Lipinski definition) is 2. The fourth-order valence-electron chi connectivity index (χ4n) is 3.35. The molecule has 0 bridgehead atoms. The fraction of sp³-hybridized carbons (Fsp3) is 0.130. The second-order valence-corrected chi connectivity index (χ2v) is 7.12. The third-order valence-electron chi connectivity index (χ3n) is 4.70. The van der Waals surface area contributed by atoms with Crippen LogP contribution in [-0.4, -0.2) is 22.0 Å². The summed E-state index contributed by atoms with van der Waals surface area (Å²) in [6, 6.07) is 19.7. The van der Waals surface area contributed by atoms with Crippen LogP contribution >= 0.6 is 11.6 Å². The van der Waals surface area contributed by atoms with Gasteiger partial charge in [-0.3, -0.25) is 9.78 Å². The summed E-state index contributed by atoms with van der Waals surface area (Å²) >= 11 is 6.11. The minimum absolute atomic E-state index is 0.0649. The summed E-state index contributed by atoms with van der Waals surface area (Å²) in [5.74, 6) is -0.0649. The molecule has 0 saturated carbocycles. The van der Waals surface area contributed by atoms with Gasteiger partial charge in [0.15, 0.2) is 0 Å². The molecule has 2 aromatic heterocycles. The van der Waals surface area contributed by atoms with Crippen LogP contribution in [0.5, 0.6) is 0 Å². The lowest BCUT2D eigenvalue weighted by Crippen LogP contribution is -2.25. The molecule has 0 aliphatic carbocycles. The van der Waals surface area contributed by atoms with E-state index in [9.17, 15) is 4.79 Å². The number of fused-ring (bicyclic) bond motifs is 1. The average molecular weight is 390 g/mol. The first-order valence-corrected chi connectivity index (χ1v) is 9.58. The summed E-state index contributed by atoms with van der Waals surface area (Å²) in [6.45, 7) is 1.22. The van der Waals surface area contributed by atoms with E-state index in [4.69, 9.17) is 11.6 Å². The number of carbonyl (C=O) groups is 1. The second kappa shape index (κ2) is 8.28. The van der Waals surface area contributed by atoms with Crippen LogP contribution in [0, 0.1) is 0 Å². The Bertz CT molecular complexity index is 1110. The topological polar surface area (TPSA) is 46.9 Å². The Labute approximate surface area is 168 Å². The molecule has 1 N–H and O–H groups in total. The number of benzene rings is 2. The van der Waals surface area contributed by atoms with Crippen LogP contribution in [0.25, 0.3) is 10.9 Å². The molecule has 28 heavy (non-hydrogen) atoms. The van der Waals surface area contributed by atoms with Crippen LogP contribution < -0.4 is 5.32 Å². The number of amides is 1. The van der Waals surface area contributed by atoms with Crippen molar-refractivity contribution in [3.05, 3.63) is 101 Å². The molecule has 0 radical (unpaired) electrons. The van der Waals surface area contributed by atoms with Crippen LogP contribution in [0.15, 0.2) is 79.3 Å². The van der Waals surface area contributed by atoms with E-state index in [1.54, 1.807) is 6.20 Å². The van der Waals surface area contributed by atoms with E-state index in [1.165, 1.54) is 0 Å². The number of halogens is 1. The summed E-state index contributed by atoms with van der Waals surface area (Å²) in [5, 5.41) is 4.68. The number of para-hydroxylation sites is 1. The van der Waals surface area contributed by atoms with Gasteiger partial charge in [0, 0.05) is 47.6 Å². The van der Waals surface area contributed by atoms with E-state index in [0.717, 1.165) is 28.5 Å². The van der Waals surface area contributed by atoms with E-state index in [2.05, 4.69) is 14.9 Å². The molecule has 4 rings (SSSR count). The summed E-state index contributed by atoms with van der Waals surface area (Å²) < 4.78 is 2.09. The Hall–Kier alpha value is -3.11. The molecule has 0 atom stereocenters. The maximum atomic E-state index is 12.8. The van der Waals surface area contributed by atoms with Gasteiger partial charge in [0.25, 0.3) is 5.91 Å². The first-order valence-electron chi connectivity index (χ1n) is 9.20. The number of pyridine rings is 1. The van der Waals surface area contributed by atoms with Gasteiger partial charge in [0.2, 0.25) is 0 Å². The molecule has 140 valence electrons. The van der Waals surface area contributed by atoms with Crippen molar-refractivity contribution in [1.29, 1.82) is 0 Å². The van der Waals surface area contributed by atoms with Crippen LogP contribution in [0.2, 0.25) is 5.02 Å². The minimum Gasteiger partial charge on any atom is -0.352 e. The monoisotopic (exact) mass is 389 g/mol. The van der Waals surface area contributed by atoms with E-state index in [1.807, 2.05) is 73.1 Å². The lowest BCUT2D eigenvalue weighted by Gasteiger charge is -2.06. The number of hydrogen-bond donors (Lipinski definition) is 1. The zero-order valence-corrected chi connectivity index (χ0v) is 16.1. The molecule has 2 heterocycles.